The number of aryl methyl sites for hydroxylation is 1. The molecule has 10 heteroatoms. The van der Waals surface area contributed by atoms with Gasteiger partial charge in [0.2, 0.25) is 0 Å². The first-order chi connectivity index (χ1) is 19.9. The topological polar surface area (TPSA) is 111 Å². The van der Waals surface area contributed by atoms with Crippen LogP contribution in [-0.2, 0) is 13.0 Å². The number of piperidine rings is 1. The first-order valence-electron chi connectivity index (χ1n) is 14.1. The highest BCUT2D eigenvalue weighted by molar-refractivity contribution is 5.90. The number of carboxylic acids is 1. The lowest BCUT2D eigenvalue weighted by molar-refractivity contribution is 0.0694. The van der Waals surface area contributed by atoms with Gasteiger partial charge in [-0.25, -0.2) is 14.2 Å². The Morgan fingerprint density at radius 2 is 1.98 bits per heavy atom. The summed E-state index contributed by atoms with van der Waals surface area (Å²) in [5.74, 6) is -0.351. The van der Waals surface area contributed by atoms with Gasteiger partial charge in [0.1, 0.15) is 17.4 Å². The Morgan fingerprint density at radius 1 is 1.17 bits per heavy atom. The monoisotopic (exact) mass is 560 g/mol. The Hall–Kier alpha value is -4.05. The molecule has 2 aliphatic rings. The number of aromatic carboxylic acids is 1. The highest BCUT2D eigenvalue weighted by atomic mass is 19.1. The molecule has 41 heavy (non-hydrogen) atoms. The van der Waals surface area contributed by atoms with Crippen LogP contribution >= 0.6 is 0 Å². The van der Waals surface area contributed by atoms with Crippen LogP contribution in [0.5, 0.6) is 5.75 Å². The van der Waals surface area contributed by atoms with Gasteiger partial charge in [0, 0.05) is 53.2 Å². The molecule has 0 bridgehead atoms. The SMILES string of the molecule is COc1cccc(C(=O)O)c1C1CCCn2c1nc(C)c(CCN1CCC(c3noc4cc(F)ccc34)CC1)c2=O. The van der Waals surface area contributed by atoms with Crippen molar-refractivity contribution in [1.29, 1.82) is 0 Å². The van der Waals surface area contributed by atoms with Gasteiger partial charge in [0.05, 0.1) is 18.4 Å². The molecule has 6 rings (SSSR count). The predicted octanol–water partition coefficient (Wildman–Crippen LogP) is 4.89. The molecule has 2 aliphatic heterocycles. The van der Waals surface area contributed by atoms with E-state index < -0.39 is 5.97 Å². The first-order valence-corrected chi connectivity index (χ1v) is 14.1. The molecule has 1 atom stereocenters. The summed E-state index contributed by atoms with van der Waals surface area (Å²) in [6.07, 6.45) is 3.85. The average molecular weight is 561 g/mol. The van der Waals surface area contributed by atoms with Gasteiger partial charge in [-0.05, 0) is 76.4 Å². The fourth-order valence-corrected chi connectivity index (χ4v) is 6.54. The average Bonchev–Trinajstić information content (AvgIpc) is 3.39. The molecule has 2 aromatic carbocycles. The third kappa shape index (κ3) is 5.01. The van der Waals surface area contributed by atoms with E-state index in [1.807, 2.05) is 6.92 Å². The molecule has 1 saturated heterocycles. The number of hydrogen-bond donors (Lipinski definition) is 1. The third-order valence-corrected chi connectivity index (χ3v) is 8.66. The van der Waals surface area contributed by atoms with E-state index in [-0.39, 0.29) is 28.8 Å². The summed E-state index contributed by atoms with van der Waals surface area (Å²) in [7, 11) is 1.53. The molecule has 2 aromatic heterocycles. The number of ether oxygens (including phenoxy) is 1. The fourth-order valence-electron chi connectivity index (χ4n) is 6.54. The van der Waals surface area contributed by atoms with Gasteiger partial charge < -0.3 is 19.3 Å². The summed E-state index contributed by atoms with van der Waals surface area (Å²) < 4.78 is 26.2. The fraction of sp³-hybridized carbons (Fsp3) is 0.419. The van der Waals surface area contributed by atoms with Gasteiger partial charge in [-0.3, -0.25) is 9.36 Å². The van der Waals surface area contributed by atoms with Crippen molar-refractivity contribution in [1.82, 2.24) is 19.6 Å². The molecular formula is C31H33FN4O5. The Morgan fingerprint density at radius 3 is 2.73 bits per heavy atom. The molecule has 1 unspecified atom stereocenters. The van der Waals surface area contributed by atoms with Crippen LogP contribution in [0.1, 0.15) is 76.2 Å². The van der Waals surface area contributed by atoms with E-state index in [1.54, 1.807) is 28.8 Å². The smallest absolute Gasteiger partial charge is 0.336 e. The van der Waals surface area contributed by atoms with Gasteiger partial charge >= 0.3 is 5.97 Å². The van der Waals surface area contributed by atoms with Crippen LogP contribution in [0.3, 0.4) is 0 Å². The maximum atomic E-state index is 13.7. The van der Waals surface area contributed by atoms with Crippen LogP contribution in [0.25, 0.3) is 11.0 Å². The minimum atomic E-state index is -1.03. The summed E-state index contributed by atoms with van der Waals surface area (Å²) >= 11 is 0. The van der Waals surface area contributed by atoms with E-state index in [0.717, 1.165) is 50.0 Å². The molecule has 0 aliphatic carbocycles. The molecular weight excluding hydrogens is 527 g/mol. The van der Waals surface area contributed by atoms with Gasteiger partial charge in [0.25, 0.3) is 5.56 Å². The molecule has 0 spiro atoms. The second kappa shape index (κ2) is 11.1. The van der Waals surface area contributed by atoms with Crippen molar-refractivity contribution in [3.8, 4) is 5.75 Å². The summed E-state index contributed by atoms with van der Waals surface area (Å²) in [4.78, 5) is 33.0. The molecule has 1 N–H and O–H groups in total. The highest BCUT2D eigenvalue weighted by Gasteiger charge is 2.32. The number of benzene rings is 2. The summed E-state index contributed by atoms with van der Waals surface area (Å²) in [6, 6.07) is 9.55. The highest BCUT2D eigenvalue weighted by Crippen LogP contribution is 2.39. The van der Waals surface area contributed by atoms with E-state index in [4.69, 9.17) is 14.2 Å². The molecule has 0 amide bonds. The Labute approximate surface area is 236 Å². The minimum absolute atomic E-state index is 0.0415. The molecule has 0 saturated carbocycles. The summed E-state index contributed by atoms with van der Waals surface area (Å²) in [5, 5.41) is 15.0. The first kappa shape index (κ1) is 27.1. The number of likely N-dealkylation sites (tertiary alicyclic amines) is 1. The van der Waals surface area contributed by atoms with Gasteiger partial charge in [-0.15, -0.1) is 0 Å². The lowest BCUT2D eigenvalue weighted by Crippen LogP contribution is -2.38. The molecule has 4 aromatic rings. The van der Waals surface area contributed by atoms with Gasteiger partial charge in [0.15, 0.2) is 5.58 Å². The molecule has 214 valence electrons. The van der Waals surface area contributed by atoms with Crippen molar-refractivity contribution in [2.24, 2.45) is 0 Å². The third-order valence-electron chi connectivity index (χ3n) is 8.66. The van der Waals surface area contributed by atoms with E-state index in [2.05, 4.69) is 10.1 Å². The lowest BCUT2D eigenvalue weighted by Gasteiger charge is -2.32. The largest absolute Gasteiger partial charge is 0.496 e. The predicted molar refractivity (Wildman–Crippen MR) is 150 cm³/mol. The van der Waals surface area contributed by atoms with Crippen molar-refractivity contribution in [3.63, 3.8) is 0 Å². The number of nitrogens with zero attached hydrogens (tertiary/aromatic N) is 4. The summed E-state index contributed by atoms with van der Waals surface area (Å²) in [5.41, 5.74) is 3.47. The number of rotatable bonds is 7. The van der Waals surface area contributed by atoms with Crippen LogP contribution < -0.4 is 10.3 Å². The normalized spacial score (nSPS) is 18.0. The van der Waals surface area contributed by atoms with Crippen molar-refractivity contribution >= 4 is 16.9 Å². The molecule has 1 fully saturated rings. The van der Waals surface area contributed by atoms with Crippen molar-refractivity contribution in [2.45, 2.75) is 57.4 Å². The van der Waals surface area contributed by atoms with Gasteiger partial charge in [-0.2, -0.15) is 0 Å². The number of hydrogen-bond acceptors (Lipinski definition) is 7. The minimum Gasteiger partial charge on any atom is -0.496 e. The Balaban J connectivity index is 1.18. The molecule has 0 radical (unpaired) electrons. The van der Waals surface area contributed by atoms with E-state index >= 15 is 0 Å². The van der Waals surface area contributed by atoms with Crippen LogP contribution in [0.2, 0.25) is 0 Å². The zero-order valence-electron chi connectivity index (χ0n) is 23.2. The maximum Gasteiger partial charge on any atom is 0.336 e. The molecule has 4 heterocycles. The number of carboxylic acid groups (broad SMARTS) is 1. The second-order valence-corrected chi connectivity index (χ2v) is 11.0. The number of aromatic nitrogens is 3. The van der Waals surface area contributed by atoms with Crippen LogP contribution in [0.15, 0.2) is 45.7 Å². The number of fused-ring (bicyclic) bond motifs is 2. The van der Waals surface area contributed by atoms with Crippen molar-refractivity contribution in [3.05, 3.63) is 86.5 Å². The van der Waals surface area contributed by atoms with E-state index in [9.17, 15) is 19.1 Å². The zero-order chi connectivity index (χ0) is 28.7. The van der Waals surface area contributed by atoms with Gasteiger partial charge in [-0.1, -0.05) is 11.2 Å². The Bertz CT molecular complexity index is 1670. The summed E-state index contributed by atoms with van der Waals surface area (Å²) in [6.45, 7) is 4.91. The quantitative estimate of drug-likeness (QED) is 0.340. The van der Waals surface area contributed by atoms with Crippen LogP contribution in [0.4, 0.5) is 4.39 Å². The number of carbonyl (C=O) groups is 1. The van der Waals surface area contributed by atoms with E-state index in [0.29, 0.717) is 53.4 Å². The maximum absolute atomic E-state index is 13.7. The van der Waals surface area contributed by atoms with Crippen molar-refractivity contribution in [2.75, 3.05) is 26.7 Å². The standard InChI is InChI=1S/C31H33FN4O5/c1-18-21(12-16-35-14-10-19(11-15-35)28-22-9-8-20(32)17-26(22)41-34-28)30(37)36-13-4-6-23(29(36)33-18)27-24(31(38)39)5-3-7-25(27)40-2/h3,5,7-9,17,19,23H,4,6,10-16H2,1-2H3,(H,38,39). The Kier molecular flexibility index (Phi) is 7.33. The zero-order valence-corrected chi connectivity index (χ0v) is 23.2. The number of methoxy groups -OCH3 is 1. The number of halogens is 1. The van der Waals surface area contributed by atoms with Crippen molar-refractivity contribution < 1.29 is 23.6 Å². The van der Waals surface area contributed by atoms with Crippen LogP contribution in [-0.4, -0.2) is 57.4 Å². The lowest BCUT2D eigenvalue weighted by atomic mass is 9.86. The molecule has 9 nitrogen and oxygen atoms in total. The second-order valence-electron chi connectivity index (χ2n) is 11.0. The van der Waals surface area contributed by atoms with E-state index in [1.165, 1.54) is 19.2 Å². The van der Waals surface area contributed by atoms with Crippen LogP contribution in [0, 0.1) is 12.7 Å².